The Kier molecular flexibility index (Phi) is 2.99. The van der Waals surface area contributed by atoms with E-state index < -0.39 is 0 Å². The largest absolute Gasteiger partial charge is 0.343 e. The highest BCUT2D eigenvalue weighted by Crippen LogP contribution is 2.29. The average Bonchev–Trinajstić information content (AvgIpc) is 2.96. The highest BCUT2D eigenvalue weighted by atomic mass is 35.5. The highest BCUT2D eigenvalue weighted by Gasteiger charge is 2.14. The first-order valence-electron chi connectivity index (χ1n) is 5.38. The third-order valence-corrected chi connectivity index (χ3v) is 3.64. The summed E-state index contributed by atoms with van der Waals surface area (Å²) in [6, 6.07) is 0. The fourth-order valence-electron chi connectivity index (χ4n) is 1.61. The second kappa shape index (κ2) is 4.67. The number of aromatic amines is 2. The van der Waals surface area contributed by atoms with E-state index in [4.69, 9.17) is 11.6 Å². The quantitative estimate of drug-likeness (QED) is 0.553. The average molecular weight is 298 g/mol. The van der Waals surface area contributed by atoms with Gasteiger partial charge in [-0.3, -0.25) is 9.67 Å². The number of fused-ring (bicyclic) bond motifs is 1. The number of H-pyrrole nitrogens is 2. The molecule has 3 rings (SSSR count). The monoisotopic (exact) mass is 297 g/mol. The van der Waals surface area contributed by atoms with E-state index >= 15 is 0 Å². The van der Waals surface area contributed by atoms with Crippen LogP contribution in [0.25, 0.3) is 11.0 Å². The van der Waals surface area contributed by atoms with Crippen molar-refractivity contribution in [1.29, 1.82) is 0 Å². The summed E-state index contributed by atoms with van der Waals surface area (Å²) in [7, 11) is 0. The molecule has 0 unspecified atom stereocenters. The van der Waals surface area contributed by atoms with Gasteiger partial charge in [0.15, 0.2) is 10.8 Å². The molecule has 0 saturated heterocycles. The molecule has 10 heteroatoms. The zero-order valence-corrected chi connectivity index (χ0v) is 11.3. The fraction of sp³-hybridized carbons (Fsp3) is 0.222. The maximum absolute atomic E-state index is 11.5. The molecule has 0 saturated carbocycles. The van der Waals surface area contributed by atoms with Crippen LogP contribution in [0.5, 0.6) is 0 Å². The Balaban J connectivity index is 2.10. The van der Waals surface area contributed by atoms with E-state index in [1.807, 2.05) is 6.92 Å². The van der Waals surface area contributed by atoms with Crippen molar-refractivity contribution in [2.45, 2.75) is 23.7 Å². The summed E-state index contributed by atoms with van der Waals surface area (Å²) in [6.45, 7) is 2.38. The van der Waals surface area contributed by atoms with Gasteiger partial charge in [-0.1, -0.05) is 0 Å². The van der Waals surface area contributed by atoms with E-state index in [1.54, 1.807) is 6.20 Å². The molecule has 0 aromatic carbocycles. The molecule has 0 aliphatic heterocycles. The van der Waals surface area contributed by atoms with Gasteiger partial charge in [0.25, 0.3) is 0 Å². The van der Waals surface area contributed by atoms with E-state index in [0.29, 0.717) is 22.4 Å². The minimum atomic E-state index is -0.256. The normalized spacial score (nSPS) is 11.3. The van der Waals surface area contributed by atoms with Crippen LogP contribution in [-0.4, -0.2) is 34.9 Å². The predicted molar refractivity (Wildman–Crippen MR) is 69.3 cm³/mol. The van der Waals surface area contributed by atoms with Gasteiger partial charge in [0, 0.05) is 6.54 Å². The highest BCUT2D eigenvalue weighted by molar-refractivity contribution is 7.99. The Morgan fingerprint density at radius 1 is 1.42 bits per heavy atom. The summed E-state index contributed by atoms with van der Waals surface area (Å²) in [4.78, 5) is 19.6. The standard InChI is InChI=1S/C9H8ClN7OS/c1-2-17-8(18)15-16-9(17)19-6-4-3-11-14-5(4)12-7(10)13-6/h3H,2H2,1H3,(H,15,18)(H,11,12,13,14). The molecule has 0 aliphatic rings. The van der Waals surface area contributed by atoms with E-state index in [2.05, 4.69) is 30.4 Å². The Hall–Kier alpha value is -1.87. The lowest BCUT2D eigenvalue weighted by Crippen LogP contribution is -2.16. The van der Waals surface area contributed by atoms with Crippen LogP contribution in [-0.2, 0) is 6.54 Å². The molecule has 98 valence electrons. The molecule has 0 bridgehead atoms. The van der Waals surface area contributed by atoms with Crippen molar-refractivity contribution in [2.75, 3.05) is 0 Å². The van der Waals surface area contributed by atoms with Crippen LogP contribution in [0, 0.1) is 0 Å². The molecular weight excluding hydrogens is 290 g/mol. The van der Waals surface area contributed by atoms with E-state index in [1.165, 1.54) is 16.3 Å². The Bertz CT molecular complexity index is 791. The molecule has 0 spiro atoms. The first kappa shape index (κ1) is 12.2. The van der Waals surface area contributed by atoms with Crippen LogP contribution in [0.1, 0.15) is 6.92 Å². The molecule has 0 amide bonds. The van der Waals surface area contributed by atoms with Crippen LogP contribution in [0.15, 0.2) is 21.2 Å². The van der Waals surface area contributed by atoms with E-state index in [9.17, 15) is 4.79 Å². The zero-order chi connectivity index (χ0) is 13.4. The van der Waals surface area contributed by atoms with Crippen molar-refractivity contribution in [1.82, 2.24) is 34.9 Å². The van der Waals surface area contributed by atoms with Crippen LogP contribution in [0.2, 0.25) is 5.28 Å². The first-order valence-corrected chi connectivity index (χ1v) is 6.58. The SMILES string of the molecule is CCn1c(Sc2nc(Cl)nc3[nH]ncc23)n[nH]c1=O. The lowest BCUT2D eigenvalue weighted by Gasteiger charge is -2.02. The molecule has 3 heterocycles. The number of rotatable bonds is 3. The van der Waals surface area contributed by atoms with E-state index in [0.717, 1.165) is 5.39 Å². The number of nitrogens with one attached hydrogen (secondary N) is 2. The minimum Gasteiger partial charge on any atom is -0.270 e. The van der Waals surface area contributed by atoms with Crippen molar-refractivity contribution in [3.63, 3.8) is 0 Å². The van der Waals surface area contributed by atoms with Crippen molar-refractivity contribution in [3.8, 4) is 0 Å². The molecule has 3 aromatic rings. The Morgan fingerprint density at radius 2 is 2.26 bits per heavy atom. The van der Waals surface area contributed by atoms with Crippen LogP contribution in [0.3, 0.4) is 0 Å². The number of aromatic nitrogens is 7. The summed E-state index contributed by atoms with van der Waals surface area (Å²) in [5.41, 5.74) is 0.289. The Labute approximate surface area is 115 Å². The zero-order valence-electron chi connectivity index (χ0n) is 9.71. The molecule has 2 N–H and O–H groups in total. The molecule has 0 fully saturated rings. The first-order chi connectivity index (χ1) is 9.19. The molecular formula is C9H8ClN7OS. The van der Waals surface area contributed by atoms with Gasteiger partial charge in [-0.15, -0.1) is 5.10 Å². The lowest BCUT2D eigenvalue weighted by molar-refractivity contribution is 0.660. The van der Waals surface area contributed by atoms with Gasteiger partial charge in [0.1, 0.15) is 5.03 Å². The Morgan fingerprint density at radius 3 is 3.05 bits per heavy atom. The molecule has 8 nitrogen and oxygen atoms in total. The predicted octanol–water partition coefficient (Wildman–Crippen LogP) is 1.06. The molecule has 19 heavy (non-hydrogen) atoms. The lowest BCUT2D eigenvalue weighted by atomic mass is 10.4. The van der Waals surface area contributed by atoms with Crippen LogP contribution in [0.4, 0.5) is 0 Å². The topological polar surface area (TPSA) is 105 Å². The molecule has 0 radical (unpaired) electrons. The number of hydrogen-bond acceptors (Lipinski definition) is 6. The molecule has 0 aliphatic carbocycles. The van der Waals surface area contributed by atoms with Crippen LogP contribution >= 0.6 is 23.4 Å². The number of halogens is 1. The minimum absolute atomic E-state index is 0.111. The number of hydrogen-bond donors (Lipinski definition) is 2. The van der Waals surface area contributed by atoms with Crippen molar-refractivity contribution in [2.24, 2.45) is 0 Å². The van der Waals surface area contributed by atoms with Crippen molar-refractivity contribution < 1.29 is 0 Å². The third-order valence-electron chi connectivity index (χ3n) is 2.47. The second-order valence-corrected chi connectivity index (χ2v) is 4.88. The summed E-state index contributed by atoms with van der Waals surface area (Å²) in [6.07, 6.45) is 1.61. The van der Waals surface area contributed by atoms with Gasteiger partial charge >= 0.3 is 5.69 Å². The fourth-order valence-corrected chi connectivity index (χ4v) is 2.80. The van der Waals surface area contributed by atoms with Crippen molar-refractivity contribution >= 4 is 34.4 Å². The van der Waals surface area contributed by atoms with E-state index in [-0.39, 0.29) is 11.0 Å². The molecule has 3 aromatic heterocycles. The maximum atomic E-state index is 11.5. The van der Waals surface area contributed by atoms with Gasteiger partial charge in [-0.25, -0.2) is 14.9 Å². The van der Waals surface area contributed by atoms with Gasteiger partial charge in [-0.05, 0) is 30.3 Å². The summed E-state index contributed by atoms with van der Waals surface area (Å²) in [5.74, 6) is 0. The molecule has 0 atom stereocenters. The second-order valence-electron chi connectivity index (χ2n) is 3.59. The summed E-state index contributed by atoms with van der Waals surface area (Å²) in [5, 5.41) is 14.9. The van der Waals surface area contributed by atoms with Gasteiger partial charge < -0.3 is 0 Å². The van der Waals surface area contributed by atoms with Crippen LogP contribution < -0.4 is 5.69 Å². The maximum Gasteiger partial charge on any atom is 0.343 e. The van der Waals surface area contributed by atoms with Gasteiger partial charge in [0.2, 0.25) is 5.28 Å². The smallest absolute Gasteiger partial charge is 0.270 e. The number of nitrogens with zero attached hydrogens (tertiary/aromatic N) is 5. The van der Waals surface area contributed by atoms with Gasteiger partial charge in [-0.2, -0.15) is 10.1 Å². The third kappa shape index (κ3) is 2.10. The van der Waals surface area contributed by atoms with Crippen molar-refractivity contribution in [3.05, 3.63) is 22.0 Å². The van der Waals surface area contributed by atoms with Gasteiger partial charge in [0.05, 0.1) is 11.6 Å². The summed E-state index contributed by atoms with van der Waals surface area (Å²) < 4.78 is 1.51. The summed E-state index contributed by atoms with van der Waals surface area (Å²) >= 11 is 7.08.